The van der Waals surface area contributed by atoms with E-state index in [0.29, 0.717) is 12.5 Å². The van der Waals surface area contributed by atoms with Crippen LogP contribution in [0.2, 0.25) is 0 Å². The maximum atomic E-state index is 5.88. The summed E-state index contributed by atoms with van der Waals surface area (Å²) < 4.78 is 5.88. The molecule has 0 fully saturated rings. The normalized spacial score (nSPS) is 11.0. The molecule has 0 aliphatic rings. The van der Waals surface area contributed by atoms with Crippen LogP contribution in [0.5, 0.6) is 5.88 Å². The summed E-state index contributed by atoms with van der Waals surface area (Å²) in [6, 6.07) is 22.8. The molecular formula is C20H16N2O. The van der Waals surface area contributed by atoms with Crippen molar-refractivity contribution in [2.24, 2.45) is 0 Å². The lowest BCUT2D eigenvalue weighted by Gasteiger charge is -2.08. The molecule has 0 bridgehead atoms. The summed E-state index contributed by atoms with van der Waals surface area (Å²) in [7, 11) is 0. The first kappa shape index (κ1) is 13.7. The molecule has 3 aromatic carbocycles. The number of fused-ring (bicyclic) bond motifs is 2. The van der Waals surface area contributed by atoms with Gasteiger partial charge in [-0.25, -0.2) is 9.97 Å². The van der Waals surface area contributed by atoms with E-state index in [1.807, 2.05) is 24.3 Å². The van der Waals surface area contributed by atoms with Crippen LogP contribution in [0.1, 0.15) is 5.56 Å². The standard InChI is InChI=1S/C20H16N2O/c1-2-6-17-13-15(9-10-16(17)5-1)11-12-23-20-18-7-3-4-8-19(18)21-14-22-20/h1-10,13-14H,11-12H2. The molecule has 3 nitrogen and oxygen atoms in total. The molecule has 0 spiro atoms. The summed E-state index contributed by atoms with van der Waals surface area (Å²) in [5.74, 6) is 0.649. The molecular weight excluding hydrogens is 284 g/mol. The van der Waals surface area contributed by atoms with Crippen molar-refractivity contribution in [3.05, 3.63) is 78.6 Å². The minimum atomic E-state index is 0.597. The van der Waals surface area contributed by atoms with Crippen LogP contribution in [0, 0.1) is 0 Å². The first-order valence-electron chi connectivity index (χ1n) is 7.70. The molecule has 0 aliphatic heterocycles. The van der Waals surface area contributed by atoms with Crippen molar-refractivity contribution in [3.8, 4) is 5.88 Å². The van der Waals surface area contributed by atoms with Crippen molar-refractivity contribution in [1.82, 2.24) is 9.97 Å². The molecule has 0 saturated heterocycles. The SMILES string of the molecule is c1ccc2cc(CCOc3ncnc4ccccc34)ccc2c1. The number of hydrogen-bond acceptors (Lipinski definition) is 3. The molecule has 1 heterocycles. The Morgan fingerprint density at radius 2 is 1.61 bits per heavy atom. The highest BCUT2D eigenvalue weighted by atomic mass is 16.5. The highest BCUT2D eigenvalue weighted by Crippen LogP contribution is 2.21. The summed E-state index contributed by atoms with van der Waals surface area (Å²) in [6.45, 7) is 0.597. The average Bonchev–Trinajstić information content (AvgIpc) is 2.62. The number of aromatic nitrogens is 2. The van der Waals surface area contributed by atoms with Crippen molar-refractivity contribution in [2.45, 2.75) is 6.42 Å². The van der Waals surface area contributed by atoms with Gasteiger partial charge in [-0.2, -0.15) is 0 Å². The zero-order valence-electron chi connectivity index (χ0n) is 12.6. The quantitative estimate of drug-likeness (QED) is 0.560. The fraction of sp³-hybridized carbons (Fsp3) is 0.100. The van der Waals surface area contributed by atoms with Crippen LogP contribution >= 0.6 is 0 Å². The van der Waals surface area contributed by atoms with Gasteiger partial charge < -0.3 is 4.74 Å². The first-order chi connectivity index (χ1) is 11.4. The topological polar surface area (TPSA) is 35.0 Å². The van der Waals surface area contributed by atoms with E-state index in [4.69, 9.17) is 4.74 Å². The summed E-state index contributed by atoms with van der Waals surface area (Å²) in [6.07, 6.45) is 2.40. The summed E-state index contributed by atoms with van der Waals surface area (Å²) in [5, 5.41) is 3.48. The Hall–Kier alpha value is -2.94. The Morgan fingerprint density at radius 3 is 2.57 bits per heavy atom. The molecule has 112 valence electrons. The van der Waals surface area contributed by atoms with Crippen LogP contribution in [0.15, 0.2) is 73.1 Å². The third-order valence-corrected chi connectivity index (χ3v) is 3.95. The molecule has 4 rings (SSSR count). The number of hydrogen-bond donors (Lipinski definition) is 0. The molecule has 1 aromatic heterocycles. The first-order valence-corrected chi connectivity index (χ1v) is 7.70. The van der Waals surface area contributed by atoms with Crippen LogP contribution in [0.3, 0.4) is 0 Å². The lowest BCUT2D eigenvalue weighted by molar-refractivity contribution is 0.313. The fourth-order valence-corrected chi connectivity index (χ4v) is 2.75. The predicted molar refractivity (Wildman–Crippen MR) is 92.7 cm³/mol. The van der Waals surface area contributed by atoms with Gasteiger partial charge in [0.15, 0.2) is 0 Å². The minimum absolute atomic E-state index is 0.597. The van der Waals surface area contributed by atoms with Gasteiger partial charge >= 0.3 is 0 Å². The van der Waals surface area contributed by atoms with Crippen molar-refractivity contribution in [1.29, 1.82) is 0 Å². The van der Waals surface area contributed by atoms with Gasteiger partial charge in [0.1, 0.15) is 6.33 Å². The van der Waals surface area contributed by atoms with E-state index < -0.39 is 0 Å². The summed E-state index contributed by atoms with van der Waals surface area (Å²) in [5.41, 5.74) is 2.17. The number of benzene rings is 3. The second-order valence-corrected chi connectivity index (χ2v) is 5.48. The monoisotopic (exact) mass is 300 g/mol. The van der Waals surface area contributed by atoms with E-state index in [9.17, 15) is 0 Å². The molecule has 0 amide bonds. The average molecular weight is 300 g/mol. The third kappa shape index (κ3) is 2.86. The van der Waals surface area contributed by atoms with Crippen molar-refractivity contribution in [3.63, 3.8) is 0 Å². The summed E-state index contributed by atoms with van der Waals surface area (Å²) in [4.78, 5) is 8.51. The van der Waals surface area contributed by atoms with Gasteiger partial charge in [0.05, 0.1) is 17.5 Å². The second kappa shape index (κ2) is 6.05. The molecule has 0 saturated carbocycles. The van der Waals surface area contributed by atoms with Crippen LogP contribution in [0.25, 0.3) is 21.7 Å². The smallest absolute Gasteiger partial charge is 0.224 e. The third-order valence-electron chi connectivity index (χ3n) is 3.95. The zero-order valence-corrected chi connectivity index (χ0v) is 12.6. The lowest BCUT2D eigenvalue weighted by Crippen LogP contribution is -2.03. The maximum Gasteiger partial charge on any atom is 0.224 e. The van der Waals surface area contributed by atoms with Crippen molar-refractivity contribution in [2.75, 3.05) is 6.61 Å². The summed E-state index contributed by atoms with van der Waals surface area (Å²) >= 11 is 0. The highest BCUT2D eigenvalue weighted by Gasteiger charge is 2.04. The molecule has 0 aliphatic carbocycles. The van der Waals surface area contributed by atoms with Crippen LogP contribution < -0.4 is 4.74 Å². The number of nitrogens with zero attached hydrogens (tertiary/aromatic N) is 2. The number of para-hydroxylation sites is 1. The van der Waals surface area contributed by atoms with Gasteiger partial charge in [-0.15, -0.1) is 0 Å². The van der Waals surface area contributed by atoms with E-state index >= 15 is 0 Å². The Morgan fingerprint density at radius 1 is 0.783 bits per heavy atom. The van der Waals surface area contributed by atoms with Gasteiger partial charge in [0, 0.05) is 6.42 Å². The van der Waals surface area contributed by atoms with E-state index in [1.54, 1.807) is 6.33 Å². The van der Waals surface area contributed by atoms with Crippen LogP contribution in [0.4, 0.5) is 0 Å². The Bertz CT molecular complexity index is 960. The Balaban J connectivity index is 1.50. The van der Waals surface area contributed by atoms with Crippen LogP contribution in [-0.4, -0.2) is 16.6 Å². The van der Waals surface area contributed by atoms with Gasteiger partial charge in [0.2, 0.25) is 5.88 Å². The lowest BCUT2D eigenvalue weighted by atomic mass is 10.1. The molecule has 3 heteroatoms. The fourth-order valence-electron chi connectivity index (χ4n) is 2.75. The van der Waals surface area contributed by atoms with Crippen molar-refractivity contribution < 1.29 is 4.74 Å². The number of ether oxygens (including phenoxy) is 1. The Labute approximate surface area is 134 Å². The number of rotatable bonds is 4. The predicted octanol–water partition coefficient (Wildman–Crippen LogP) is 4.40. The highest BCUT2D eigenvalue weighted by molar-refractivity contribution is 5.83. The van der Waals surface area contributed by atoms with E-state index in [2.05, 4.69) is 52.4 Å². The van der Waals surface area contributed by atoms with Crippen LogP contribution in [-0.2, 0) is 6.42 Å². The zero-order chi connectivity index (χ0) is 15.5. The van der Waals surface area contributed by atoms with E-state index in [-0.39, 0.29) is 0 Å². The molecule has 0 atom stereocenters. The van der Waals surface area contributed by atoms with Gasteiger partial charge in [-0.05, 0) is 28.5 Å². The van der Waals surface area contributed by atoms with Gasteiger partial charge in [0.25, 0.3) is 0 Å². The molecule has 23 heavy (non-hydrogen) atoms. The van der Waals surface area contributed by atoms with E-state index in [0.717, 1.165) is 17.3 Å². The minimum Gasteiger partial charge on any atom is -0.477 e. The van der Waals surface area contributed by atoms with Gasteiger partial charge in [-0.1, -0.05) is 54.6 Å². The maximum absolute atomic E-state index is 5.88. The van der Waals surface area contributed by atoms with Crippen molar-refractivity contribution >= 4 is 21.7 Å². The molecule has 0 N–H and O–H groups in total. The molecule has 0 radical (unpaired) electrons. The largest absolute Gasteiger partial charge is 0.477 e. The second-order valence-electron chi connectivity index (χ2n) is 5.48. The van der Waals surface area contributed by atoms with Gasteiger partial charge in [-0.3, -0.25) is 0 Å². The molecule has 0 unspecified atom stereocenters. The molecule has 4 aromatic rings. The Kier molecular flexibility index (Phi) is 3.60. The van der Waals surface area contributed by atoms with E-state index in [1.165, 1.54) is 16.3 Å².